The predicted molar refractivity (Wildman–Crippen MR) is 59.7 cm³/mol. The molecule has 0 N–H and O–H groups in total. The third kappa shape index (κ3) is 2.66. The highest BCUT2D eigenvalue weighted by Crippen LogP contribution is 2.33. The first kappa shape index (κ1) is 12.1. The lowest BCUT2D eigenvalue weighted by Crippen LogP contribution is -2.25. The number of alkyl halides is 3. The normalized spacial score (nSPS) is 20.1. The zero-order valence-corrected chi connectivity index (χ0v) is 9.53. The Balaban J connectivity index is 2.28. The van der Waals surface area contributed by atoms with Crippen molar-refractivity contribution >= 4 is 23.2 Å². The van der Waals surface area contributed by atoms with Crippen LogP contribution < -0.4 is 9.64 Å². The van der Waals surface area contributed by atoms with E-state index in [2.05, 4.69) is 4.74 Å². The van der Waals surface area contributed by atoms with Crippen molar-refractivity contribution in [1.82, 2.24) is 0 Å². The van der Waals surface area contributed by atoms with Gasteiger partial charge in [-0.25, -0.2) is 0 Å². The maximum atomic E-state index is 12.2. The Labute approximate surface area is 102 Å². The zero-order chi connectivity index (χ0) is 12.4. The van der Waals surface area contributed by atoms with Crippen molar-refractivity contribution in [1.29, 1.82) is 0 Å². The molecule has 1 amide bonds. The summed E-state index contributed by atoms with van der Waals surface area (Å²) in [6.45, 7) is -2.61. The van der Waals surface area contributed by atoms with E-state index in [9.17, 15) is 13.6 Å². The van der Waals surface area contributed by atoms with Crippen LogP contribution in [0, 0.1) is 0 Å². The van der Waals surface area contributed by atoms with Gasteiger partial charge in [0, 0.05) is 13.0 Å². The van der Waals surface area contributed by atoms with Crippen LogP contribution in [0.5, 0.6) is 5.75 Å². The van der Waals surface area contributed by atoms with E-state index in [-0.39, 0.29) is 23.5 Å². The fraction of sp³-hybridized carbons (Fsp3) is 0.364. The van der Waals surface area contributed by atoms with Crippen LogP contribution >= 0.6 is 11.6 Å². The number of ether oxygens (including phenoxy) is 1. The van der Waals surface area contributed by atoms with E-state index < -0.39 is 6.61 Å². The Morgan fingerprint density at radius 3 is 2.71 bits per heavy atom. The fourth-order valence-electron chi connectivity index (χ4n) is 1.77. The molecule has 1 aliphatic rings. The molecule has 0 aliphatic carbocycles. The Bertz CT molecular complexity index is 428. The van der Waals surface area contributed by atoms with Crippen LogP contribution in [0.15, 0.2) is 24.3 Å². The van der Waals surface area contributed by atoms with E-state index in [1.54, 1.807) is 18.2 Å². The first-order chi connectivity index (χ1) is 8.08. The van der Waals surface area contributed by atoms with E-state index in [4.69, 9.17) is 11.6 Å². The minimum absolute atomic E-state index is 0.0124. The third-order valence-electron chi connectivity index (χ3n) is 2.45. The fourth-order valence-corrected chi connectivity index (χ4v) is 2.04. The van der Waals surface area contributed by atoms with Crippen molar-refractivity contribution < 1.29 is 18.3 Å². The number of benzene rings is 1. The van der Waals surface area contributed by atoms with Gasteiger partial charge in [-0.1, -0.05) is 12.1 Å². The summed E-state index contributed by atoms with van der Waals surface area (Å²) in [6, 6.07) is 6.18. The largest absolute Gasteiger partial charge is 0.433 e. The molecule has 1 aromatic carbocycles. The minimum Gasteiger partial charge on any atom is -0.433 e. The molecule has 0 spiro atoms. The molecule has 1 unspecified atom stereocenters. The topological polar surface area (TPSA) is 29.5 Å². The number of hydrogen-bond donors (Lipinski definition) is 0. The number of para-hydroxylation sites is 2. The van der Waals surface area contributed by atoms with E-state index in [0.717, 1.165) is 0 Å². The van der Waals surface area contributed by atoms with Crippen LogP contribution in [0.2, 0.25) is 0 Å². The highest BCUT2D eigenvalue weighted by Gasteiger charge is 2.31. The second-order valence-corrected chi connectivity index (χ2v) is 4.27. The third-order valence-corrected chi connectivity index (χ3v) is 2.74. The molecule has 3 nitrogen and oxygen atoms in total. The number of carbonyl (C=O) groups excluding carboxylic acids is 1. The Hall–Kier alpha value is -1.36. The first-order valence-electron chi connectivity index (χ1n) is 5.06. The molecule has 2 rings (SSSR count). The molecule has 1 fully saturated rings. The summed E-state index contributed by atoms with van der Waals surface area (Å²) in [4.78, 5) is 13.0. The van der Waals surface area contributed by atoms with Crippen molar-refractivity contribution in [3.05, 3.63) is 24.3 Å². The van der Waals surface area contributed by atoms with Gasteiger partial charge in [0.15, 0.2) is 0 Å². The molecule has 1 heterocycles. The molecule has 1 aliphatic heterocycles. The second kappa shape index (κ2) is 4.87. The molecule has 1 aromatic rings. The SMILES string of the molecule is O=C1CC(Cl)CN1c1ccccc1OC(F)F. The highest BCUT2D eigenvalue weighted by atomic mass is 35.5. The number of nitrogens with zero attached hydrogens (tertiary/aromatic N) is 1. The number of carbonyl (C=O) groups is 1. The molecular formula is C11H10ClF2NO2. The number of amides is 1. The van der Waals surface area contributed by atoms with Gasteiger partial charge in [0.2, 0.25) is 5.91 Å². The maximum absolute atomic E-state index is 12.2. The van der Waals surface area contributed by atoms with Crippen LogP contribution in [-0.2, 0) is 4.79 Å². The smallest absolute Gasteiger partial charge is 0.387 e. The lowest BCUT2D eigenvalue weighted by molar-refractivity contribution is -0.117. The van der Waals surface area contributed by atoms with Gasteiger partial charge in [-0.3, -0.25) is 4.79 Å². The van der Waals surface area contributed by atoms with Gasteiger partial charge in [0.05, 0.1) is 11.1 Å². The van der Waals surface area contributed by atoms with E-state index in [0.29, 0.717) is 12.2 Å². The number of anilines is 1. The lowest BCUT2D eigenvalue weighted by atomic mass is 10.2. The first-order valence-corrected chi connectivity index (χ1v) is 5.50. The maximum Gasteiger partial charge on any atom is 0.387 e. The molecule has 0 bridgehead atoms. The number of hydrogen-bond acceptors (Lipinski definition) is 2. The lowest BCUT2D eigenvalue weighted by Gasteiger charge is -2.19. The molecular weight excluding hydrogens is 252 g/mol. The Morgan fingerprint density at radius 2 is 2.12 bits per heavy atom. The number of rotatable bonds is 3. The van der Waals surface area contributed by atoms with Crippen LogP contribution in [0.25, 0.3) is 0 Å². The van der Waals surface area contributed by atoms with Crippen molar-refractivity contribution in [2.24, 2.45) is 0 Å². The van der Waals surface area contributed by atoms with E-state index >= 15 is 0 Å². The van der Waals surface area contributed by atoms with Gasteiger partial charge >= 0.3 is 6.61 Å². The van der Waals surface area contributed by atoms with Crippen LogP contribution in [0.4, 0.5) is 14.5 Å². The molecule has 0 saturated carbocycles. The molecule has 0 radical (unpaired) electrons. The average molecular weight is 262 g/mol. The molecule has 1 atom stereocenters. The number of halogens is 3. The summed E-state index contributed by atoms with van der Waals surface area (Å²) in [6.07, 6.45) is 0.213. The summed E-state index contributed by atoms with van der Waals surface area (Å²) in [5, 5.41) is -0.290. The van der Waals surface area contributed by atoms with Gasteiger partial charge in [-0.15, -0.1) is 11.6 Å². The van der Waals surface area contributed by atoms with Crippen LogP contribution in [0.1, 0.15) is 6.42 Å². The summed E-state index contributed by atoms with van der Waals surface area (Å²) in [5.74, 6) is -0.197. The van der Waals surface area contributed by atoms with Crippen LogP contribution in [-0.4, -0.2) is 24.4 Å². The van der Waals surface area contributed by atoms with Gasteiger partial charge in [0.1, 0.15) is 5.75 Å². The minimum atomic E-state index is -2.92. The monoisotopic (exact) mass is 261 g/mol. The van der Waals surface area contributed by atoms with Crippen molar-refractivity contribution in [3.8, 4) is 5.75 Å². The van der Waals surface area contributed by atoms with Crippen molar-refractivity contribution in [3.63, 3.8) is 0 Å². The standard InChI is InChI=1S/C11H10ClF2NO2/c12-7-5-10(16)15(6-7)8-3-1-2-4-9(8)17-11(13)14/h1-4,7,11H,5-6H2. The van der Waals surface area contributed by atoms with Crippen LogP contribution in [0.3, 0.4) is 0 Å². The van der Waals surface area contributed by atoms with Crippen molar-refractivity contribution in [2.45, 2.75) is 18.4 Å². The molecule has 17 heavy (non-hydrogen) atoms. The average Bonchev–Trinajstić information content (AvgIpc) is 2.58. The molecule has 0 aromatic heterocycles. The predicted octanol–water partition coefficient (Wildman–Crippen LogP) is 2.63. The Morgan fingerprint density at radius 1 is 1.41 bits per heavy atom. The quantitative estimate of drug-likeness (QED) is 0.783. The van der Waals surface area contributed by atoms with Gasteiger partial charge in [0.25, 0.3) is 0 Å². The summed E-state index contributed by atoms with van der Waals surface area (Å²) in [5.41, 5.74) is 0.334. The molecule has 6 heteroatoms. The summed E-state index contributed by atoms with van der Waals surface area (Å²) in [7, 11) is 0. The summed E-state index contributed by atoms with van der Waals surface area (Å²) >= 11 is 5.86. The molecule has 1 saturated heterocycles. The highest BCUT2D eigenvalue weighted by molar-refractivity contribution is 6.24. The van der Waals surface area contributed by atoms with E-state index in [1.807, 2.05) is 0 Å². The van der Waals surface area contributed by atoms with Gasteiger partial charge < -0.3 is 9.64 Å². The molecule has 92 valence electrons. The van der Waals surface area contributed by atoms with E-state index in [1.165, 1.54) is 11.0 Å². The van der Waals surface area contributed by atoms with Crippen molar-refractivity contribution in [2.75, 3.05) is 11.4 Å². The van der Waals surface area contributed by atoms with Gasteiger partial charge in [-0.05, 0) is 12.1 Å². The van der Waals surface area contributed by atoms with Gasteiger partial charge in [-0.2, -0.15) is 8.78 Å². The summed E-state index contributed by atoms with van der Waals surface area (Å²) < 4.78 is 28.8. The Kier molecular flexibility index (Phi) is 3.47. The zero-order valence-electron chi connectivity index (χ0n) is 8.78. The second-order valence-electron chi connectivity index (χ2n) is 3.65.